The van der Waals surface area contributed by atoms with Crippen molar-refractivity contribution >= 4 is 5.91 Å². The highest BCUT2D eigenvalue weighted by Crippen LogP contribution is 2.34. The second-order valence-electron chi connectivity index (χ2n) is 4.67. The molecule has 1 fully saturated rings. The number of morpholine rings is 1. The summed E-state index contributed by atoms with van der Waals surface area (Å²) < 4.78 is 10.8. The number of ether oxygens (including phenoxy) is 2. The van der Waals surface area contributed by atoms with Crippen molar-refractivity contribution in [2.75, 3.05) is 26.3 Å². The molecule has 0 saturated carbocycles. The van der Waals surface area contributed by atoms with Crippen molar-refractivity contribution in [1.29, 1.82) is 5.26 Å². The molecule has 2 heterocycles. The fourth-order valence-corrected chi connectivity index (χ4v) is 2.52. The predicted octanol–water partition coefficient (Wildman–Crippen LogP) is 0.914. The van der Waals surface area contributed by atoms with Crippen LogP contribution in [0.25, 0.3) is 0 Å². The molecule has 1 saturated heterocycles. The van der Waals surface area contributed by atoms with Crippen molar-refractivity contribution in [2.24, 2.45) is 0 Å². The zero-order chi connectivity index (χ0) is 13.2. The van der Waals surface area contributed by atoms with E-state index < -0.39 is 6.10 Å². The van der Waals surface area contributed by atoms with Gasteiger partial charge in [-0.15, -0.1) is 0 Å². The van der Waals surface area contributed by atoms with Crippen LogP contribution >= 0.6 is 0 Å². The predicted molar refractivity (Wildman–Crippen MR) is 66.6 cm³/mol. The van der Waals surface area contributed by atoms with E-state index in [1.807, 2.05) is 24.3 Å². The molecule has 0 radical (unpaired) electrons. The molecule has 5 heteroatoms. The molecule has 0 aliphatic carbocycles. The number of benzene rings is 1. The number of carbonyl (C=O) groups excluding carboxylic acids is 1. The summed E-state index contributed by atoms with van der Waals surface area (Å²) in [5, 5.41) is 8.88. The van der Waals surface area contributed by atoms with Gasteiger partial charge in [-0.05, 0) is 6.07 Å². The molecular weight excluding hydrogens is 244 g/mol. The lowest BCUT2D eigenvalue weighted by Gasteiger charge is -2.31. The minimum Gasteiger partial charge on any atom is -0.492 e. The highest BCUT2D eigenvalue weighted by Gasteiger charge is 2.35. The lowest BCUT2D eigenvalue weighted by Crippen LogP contribution is -2.47. The summed E-state index contributed by atoms with van der Waals surface area (Å²) in [5.41, 5.74) is 0.937. The van der Waals surface area contributed by atoms with Crippen molar-refractivity contribution in [3.05, 3.63) is 29.8 Å². The van der Waals surface area contributed by atoms with Gasteiger partial charge in [0.15, 0.2) is 6.10 Å². The lowest BCUT2D eigenvalue weighted by atomic mass is 9.99. The Morgan fingerprint density at radius 1 is 1.42 bits per heavy atom. The van der Waals surface area contributed by atoms with Gasteiger partial charge in [-0.1, -0.05) is 18.2 Å². The third-order valence-corrected chi connectivity index (χ3v) is 3.52. The van der Waals surface area contributed by atoms with Crippen LogP contribution in [0.1, 0.15) is 11.5 Å². The van der Waals surface area contributed by atoms with E-state index in [4.69, 9.17) is 14.7 Å². The number of hydrogen-bond acceptors (Lipinski definition) is 4. The molecule has 1 aromatic carbocycles. The van der Waals surface area contributed by atoms with Crippen LogP contribution < -0.4 is 4.74 Å². The molecule has 2 atom stereocenters. The molecule has 2 aliphatic rings. The zero-order valence-electron chi connectivity index (χ0n) is 10.4. The van der Waals surface area contributed by atoms with Gasteiger partial charge in [0.1, 0.15) is 18.3 Å². The number of fused-ring (bicyclic) bond motifs is 1. The average molecular weight is 258 g/mol. The highest BCUT2D eigenvalue weighted by atomic mass is 16.5. The maximum absolute atomic E-state index is 12.5. The molecule has 98 valence electrons. The summed E-state index contributed by atoms with van der Waals surface area (Å²) >= 11 is 0. The third-order valence-electron chi connectivity index (χ3n) is 3.52. The summed E-state index contributed by atoms with van der Waals surface area (Å²) in [4.78, 5) is 14.2. The SMILES string of the molecule is N#CC1CN(C(=O)C2COc3ccccc32)CCO1. The Kier molecular flexibility index (Phi) is 3.10. The van der Waals surface area contributed by atoms with E-state index in [2.05, 4.69) is 6.07 Å². The van der Waals surface area contributed by atoms with Crippen LogP contribution in [0.4, 0.5) is 0 Å². The van der Waals surface area contributed by atoms with Crippen LogP contribution in [-0.2, 0) is 9.53 Å². The molecule has 2 aliphatic heterocycles. The van der Waals surface area contributed by atoms with Gasteiger partial charge in [0.2, 0.25) is 5.91 Å². The van der Waals surface area contributed by atoms with Gasteiger partial charge < -0.3 is 14.4 Å². The van der Waals surface area contributed by atoms with Gasteiger partial charge in [0.05, 0.1) is 19.2 Å². The van der Waals surface area contributed by atoms with E-state index >= 15 is 0 Å². The number of nitrogens with zero attached hydrogens (tertiary/aromatic N) is 2. The van der Waals surface area contributed by atoms with Gasteiger partial charge in [-0.3, -0.25) is 4.79 Å². The van der Waals surface area contributed by atoms with Crippen LogP contribution in [0.5, 0.6) is 5.75 Å². The molecule has 19 heavy (non-hydrogen) atoms. The minimum atomic E-state index is -0.518. The second-order valence-corrected chi connectivity index (χ2v) is 4.67. The normalized spacial score (nSPS) is 25.3. The number of amides is 1. The van der Waals surface area contributed by atoms with Gasteiger partial charge in [-0.25, -0.2) is 0 Å². The number of rotatable bonds is 1. The Hall–Kier alpha value is -2.06. The molecular formula is C14H14N2O3. The van der Waals surface area contributed by atoms with Crippen molar-refractivity contribution in [3.8, 4) is 11.8 Å². The first-order chi connectivity index (χ1) is 9.29. The largest absolute Gasteiger partial charge is 0.492 e. The molecule has 1 aromatic rings. The molecule has 5 nitrogen and oxygen atoms in total. The van der Waals surface area contributed by atoms with E-state index in [0.29, 0.717) is 26.3 Å². The maximum Gasteiger partial charge on any atom is 0.233 e. The van der Waals surface area contributed by atoms with E-state index in [9.17, 15) is 4.79 Å². The fraction of sp³-hybridized carbons (Fsp3) is 0.429. The van der Waals surface area contributed by atoms with Crippen molar-refractivity contribution < 1.29 is 14.3 Å². The van der Waals surface area contributed by atoms with Crippen LogP contribution in [0.15, 0.2) is 24.3 Å². The van der Waals surface area contributed by atoms with Crippen LogP contribution in [0.2, 0.25) is 0 Å². The molecule has 0 N–H and O–H groups in total. The third kappa shape index (κ3) is 2.15. The Balaban J connectivity index is 1.77. The second kappa shape index (κ2) is 4.90. The zero-order valence-corrected chi connectivity index (χ0v) is 10.4. The summed E-state index contributed by atoms with van der Waals surface area (Å²) in [5.74, 6) is 0.549. The van der Waals surface area contributed by atoms with Crippen molar-refractivity contribution in [2.45, 2.75) is 12.0 Å². The Morgan fingerprint density at radius 3 is 3.11 bits per heavy atom. The first-order valence-corrected chi connectivity index (χ1v) is 6.31. The number of nitriles is 1. The first kappa shape index (κ1) is 12.0. The molecule has 3 rings (SSSR count). The van der Waals surface area contributed by atoms with Crippen LogP contribution in [0, 0.1) is 11.3 Å². The summed E-state index contributed by atoms with van der Waals surface area (Å²) in [6, 6.07) is 9.65. The number of carbonyl (C=O) groups is 1. The Labute approximate surface area is 111 Å². The smallest absolute Gasteiger partial charge is 0.233 e. The lowest BCUT2D eigenvalue weighted by molar-refractivity contribution is -0.138. The quantitative estimate of drug-likeness (QED) is 0.751. The van der Waals surface area contributed by atoms with Gasteiger partial charge in [0.25, 0.3) is 0 Å². The van der Waals surface area contributed by atoms with E-state index in [1.54, 1.807) is 4.90 Å². The highest BCUT2D eigenvalue weighted by molar-refractivity contribution is 5.85. The van der Waals surface area contributed by atoms with E-state index in [-0.39, 0.29) is 11.8 Å². The number of para-hydroxylation sites is 1. The van der Waals surface area contributed by atoms with E-state index in [0.717, 1.165) is 11.3 Å². The van der Waals surface area contributed by atoms with Gasteiger partial charge >= 0.3 is 0 Å². The topological polar surface area (TPSA) is 62.6 Å². The average Bonchev–Trinajstić information content (AvgIpc) is 2.90. The summed E-state index contributed by atoms with van der Waals surface area (Å²) in [6.07, 6.45) is -0.518. The van der Waals surface area contributed by atoms with Gasteiger partial charge in [-0.2, -0.15) is 5.26 Å². The Bertz CT molecular complexity index is 538. The van der Waals surface area contributed by atoms with E-state index in [1.165, 1.54) is 0 Å². The molecule has 0 aromatic heterocycles. The first-order valence-electron chi connectivity index (χ1n) is 6.31. The monoisotopic (exact) mass is 258 g/mol. The van der Waals surface area contributed by atoms with Gasteiger partial charge in [0, 0.05) is 12.1 Å². The Morgan fingerprint density at radius 2 is 2.26 bits per heavy atom. The maximum atomic E-state index is 12.5. The van der Waals surface area contributed by atoms with Crippen molar-refractivity contribution in [3.63, 3.8) is 0 Å². The summed E-state index contributed by atoms with van der Waals surface area (Å²) in [6.45, 7) is 1.68. The molecule has 0 spiro atoms. The minimum absolute atomic E-state index is 0.0218. The van der Waals surface area contributed by atoms with Crippen LogP contribution in [0.3, 0.4) is 0 Å². The summed E-state index contributed by atoms with van der Waals surface area (Å²) in [7, 11) is 0. The molecule has 1 amide bonds. The standard InChI is InChI=1S/C14H14N2O3/c15-7-10-8-16(5-6-18-10)14(17)12-9-19-13-4-2-1-3-11(12)13/h1-4,10,12H,5-6,8-9H2. The number of hydrogen-bond donors (Lipinski definition) is 0. The van der Waals surface area contributed by atoms with Crippen molar-refractivity contribution in [1.82, 2.24) is 4.90 Å². The molecule has 2 unspecified atom stereocenters. The molecule has 0 bridgehead atoms. The fourth-order valence-electron chi connectivity index (χ4n) is 2.52. The van der Waals surface area contributed by atoms with Crippen LogP contribution in [-0.4, -0.2) is 43.2 Å².